The van der Waals surface area contributed by atoms with Crippen LogP contribution in [-0.4, -0.2) is 107 Å². The van der Waals surface area contributed by atoms with E-state index in [0.717, 1.165) is 39.0 Å². The first-order chi connectivity index (χ1) is 21.0. The van der Waals surface area contributed by atoms with Gasteiger partial charge >= 0.3 is 13.5 Å². The van der Waals surface area contributed by atoms with Crippen molar-refractivity contribution in [2.75, 3.05) is 31.9 Å². The summed E-state index contributed by atoms with van der Waals surface area (Å²) in [7, 11) is -8.40. The van der Waals surface area contributed by atoms with Crippen LogP contribution < -0.4 is 10.0 Å². The molecule has 2 aromatic rings. The Morgan fingerprint density at radius 1 is 1.29 bits per heavy atom. The molecule has 6 atom stereocenters. The Bertz CT molecular complexity index is 1590. The molecule has 1 aliphatic carbocycles. The quantitative estimate of drug-likeness (QED) is 0.133. The lowest BCUT2D eigenvalue weighted by molar-refractivity contribution is -0.149. The smallest absolute Gasteiger partial charge is 0.369 e. The summed E-state index contributed by atoms with van der Waals surface area (Å²) >= 11 is 6.29. The van der Waals surface area contributed by atoms with Gasteiger partial charge in [-0.05, 0) is 18.9 Å². The molecule has 6 N–H and O–H groups in total. The van der Waals surface area contributed by atoms with Crippen LogP contribution in [0, 0.1) is 5.92 Å². The molecule has 0 bridgehead atoms. The summed E-state index contributed by atoms with van der Waals surface area (Å²) in [5, 5.41) is 27.0. The van der Waals surface area contributed by atoms with Gasteiger partial charge < -0.3 is 39.5 Å². The SMILES string of the molecule is COC[C@@](OC[C@H]1O[C@@H](n2ncc3c(NC4CCCC4)cc(Cl)nc32)[C@H](O)[C@@H]1O)(C(=O)N=S(C)(=O)NC(=O)C(C)C)P(=O)(O)O. The maximum atomic E-state index is 13.2. The van der Waals surface area contributed by atoms with Gasteiger partial charge in [0.1, 0.15) is 33.4 Å². The van der Waals surface area contributed by atoms with Crippen molar-refractivity contribution in [1.82, 2.24) is 19.5 Å². The van der Waals surface area contributed by atoms with Crippen LogP contribution in [0.2, 0.25) is 5.15 Å². The fraction of sp³-hybridized carbons (Fsp3) is 0.680. The van der Waals surface area contributed by atoms with Crippen LogP contribution in [0.25, 0.3) is 11.0 Å². The Morgan fingerprint density at radius 2 is 1.96 bits per heavy atom. The zero-order valence-corrected chi connectivity index (χ0v) is 27.5. The number of carbonyl (C=O) groups is 2. The van der Waals surface area contributed by atoms with Crippen LogP contribution in [-0.2, 0) is 38.3 Å². The number of aromatic nitrogens is 3. The fourth-order valence-corrected chi connectivity index (χ4v) is 7.30. The Morgan fingerprint density at radius 3 is 2.56 bits per heavy atom. The van der Waals surface area contributed by atoms with Gasteiger partial charge in [-0.15, -0.1) is 4.36 Å². The van der Waals surface area contributed by atoms with E-state index < -0.39 is 78.3 Å². The lowest BCUT2D eigenvalue weighted by atomic mass is 10.1. The number of carbonyl (C=O) groups excluding carboxylic acids is 2. The van der Waals surface area contributed by atoms with Crippen molar-refractivity contribution in [2.45, 2.75) is 75.5 Å². The van der Waals surface area contributed by atoms with Crippen LogP contribution in [0.15, 0.2) is 16.6 Å². The standard InChI is InChI=1S/C25H38ClN6O11PS/c1-13(2)22(35)30-45(4,40)31-24(36)25(12-41-3,44(37,38)39)42-11-17-19(33)20(34)23(43-17)32-21-15(10-27-32)16(9-18(26)29-21)28-14-7-5-6-8-14/h9-10,13-14,17,19-20,23,33-34H,5-8,11-12H2,1-4H3,(H,28,29)(H2,37,38,39)(H,30,31,35,36,40)/t17-,19-,20-,23-,25+,45?/m1/s1. The predicted octanol–water partition coefficient (Wildman–Crippen LogP) is 0.907. The van der Waals surface area contributed by atoms with Crippen molar-refractivity contribution in [3.8, 4) is 0 Å². The maximum Gasteiger partial charge on any atom is 0.369 e. The molecule has 0 spiro atoms. The van der Waals surface area contributed by atoms with Gasteiger partial charge in [0.15, 0.2) is 11.9 Å². The van der Waals surface area contributed by atoms with Crippen molar-refractivity contribution in [3.05, 3.63) is 17.4 Å². The zero-order chi connectivity index (χ0) is 33.3. The monoisotopic (exact) mass is 696 g/mol. The molecule has 20 heteroatoms. The van der Waals surface area contributed by atoms with E-state index in [0.29, 0.717) is 11.1 Å². The van der Waals surface area contributed by atoms with Crippen molar-refractivity contribution in [2.24, 2.45) is 10.3 Å². The summed E-state index contributed by atoms with van der Waals surface area (Å²) in [5.74, 6) is -3.04. The number of ether oxygens (including phenoxy) is 3. The number of hydrogen-bond acceptors (Lipinski definition) is 12. The summed E-state index contributed by atoms with van der Waals surface area (Å²) in [6.45, 7) is 1.08. The fourth-order valence-electron chi connectivity index (χ4n) is 5.08. The number of hydrogen-bond donors (Lipinski definition) is 6. The van der Waals surface area contributed by atoms with Gasteiger partial charge in [0, 0.05) is 25.3 Å². The molecular formula is C25H38ClN6O11PS. The van der Waals surface area contributed by atoms with E-state index in [2.05, 4.69) is 24.5 Å². The van der Waals surface area contributed by atoms with Crippen molar-refractivity contribution >= 4 is 57.6 Å². The van der Waals surface area contributed by atoms with Crippen LogP contribution in [0.4, 0.5) is 5.69 Å². The lowest BCUT2D eigenvalue weighted by Crippen LogP contribution is -2.48. The Balaban J connectivity index is 1.60. The second kappa shape index (κ2) is 13.9. The average molecular weight is 697 g/mol. The third kappa shape index (κ3) is 7.67. The van der Waals surface area contributed by atoms with Gasteiger partial charge in [-0.3, -0.25) is 18.9 Å². The third-order valence-electron chi connectivity index (χ3n) is 7.53. The van der Waals surface area contributed by atoms with Crippen LogP contribution >= 0.6 is 19.2 Å². The molecule has 2 amide bonds. The summed E-state index contributed by atoms with van der Waals surface area (Å²) in [4.78, 5) is 50.0. The van der Waals surface area contributed by atoms with E-state index >= 15 is 0 Å². The van der Waals surface area contributed by atoms with E-state index in [1.807, 2.05) is 0 Å². The third-order valence-corrected chi connectivity index (χ3v) is 10.2. The van der Waals surface area contributed by atoms with Gasteiger partial charge in [0.05, 0.1) is 30.5 Å². The average Bonchev–Trinajstić information content (AvgIpc) is 3.66. The van der Waals surface area contributed by atoms with Crippen LogP contribution in [0.3, 0.4) is 0 Å². The van der Waals surface area contributed by atoms with Gasteiger partial charge in [-0.25, -0.2) is 13.9 Å². The number of anilines is 1. The molecule has 252 valence electrons. The summed E-state index contributed by atoms with van der Waals surface area (Å²) in [6.07, 6.45) is 0.470. The topological polar surface area (TPSA) is 244 Å². The molecule has 2 aromatic heterocycles. The number of nitrogens with one attached hydrogen (secondary N) is 2. The highest BCUT2D eigenvalue weighted by atomic mass is 35.5. The largest absolute Gasteiger partial charge is 0.387 e. The van der Waals surface area contributed by atoms with Crippen molar-refractivity contribution in [3.63, 3.8) is 0 Å². The molecule has 1 unspecified atom stereocenters. The highest BCUT2D eigenvalue weighted by molar-refractivity contribution is 7.91. The van der Waals surface area contributed by atoms with Gasteiger partial charge in [-0.2, -0.15) is 5.10 Å². The number of fused-ring (bicyclic) bond motifs is 1. The molecule has 0 radical (unpaired) electrons. The molecule has 1 saturated carbocycles. The molecule has 45 heavy (non-hydrogen) atoms. The molecule has 1 saturated heterocycles. The van der Waals surface area contributed by atoms with Crippen LogP contribution in [0.5, 0.6) is 0 Å². The van der Waals surface area contributed by atoms with Crippen molar-refractivity contribution in [1.29, 1.82) is 0 Å². The predicted molar refractivity (Wildman–Crippen MR) is 161 cm³/mol. The van der Waals surface area contributed by atoms with Gasteiger partial charge in [-0.1, -0.05) is 38.3 Å². The van der Waals surface area contributed by atoms with E-state index in [4.69, 9.17) is 25.8 Å². The first kappa shape index (κ1) is 35.6. The summed E-state index contributed by atoms with van der Waals surface area (Å²) in [5.41, 5.74) is 0.918. The first-order valence-electron chi connectivity index (χ1n) is 14.1. The Kier molecular flexibility index (Phi) is 11.0. The molecule has 3 heterocycles. The molecule has 4 rings (SSSR count). The minimum atomic E-state index is -5.61. The van der Waals surface area contributed by atoms with E-state index in [9.17, 15) is 38.4 Å². The second-order valence-corrected chi connectivity index (χ2v) is 15.6. The number of halogens is 1. The van der Waals surface area contributed by atoms with E-state index in [1.165, 1.54) is 24.7 Å². The number of rotatable bonds is 12. The molecule has 1 aliphatic heterocycles. The zero-order valence-electron chi connectivity index (χ0n) is 25.0. The lowest BCUT2D eigenvalue weighted by Gasteiger charge is -2.31. The minimum Gasteiger partial charge on any atom is -0.387 e. The highest BCUT2D eigenvalue weighted by Gasteiger charge is 2.57. The normalized spacial score (nSPS) is 25.3. The van der Waals surface area contributed by atoms with E-state index in [-0.39, 0.29) is 16.8 Å². The number of amides is 2. The van der Waals surface area contributed by atoms with Gasteiger partial charge in [0.2, 0.25) is 5.91 Å². The Hall–Kier alpha value is -2.25. The second-order valence-electron chi connectivity index (χ2n) is 11.4. The highest BCUT2D eigenvalue weighted by Crippen LogP contribution is 2.53. The molecule has 2 fully saturated rings. The number of aliphatic hydroxyl groups excluding tert-OH is 2. The molecule has 17 nitrogen and oxygen atoms in total. The van der Waals surface area contributed by atoms with E-state index in [1.54, 1.807) is 6.07 Å². The molecule has 0 aromatic carbocycles. The van der Waals surface area contributed by atoms with Crippen molar-refractivity contribution < 1.29 is 52.6 Å². The molecular weight excluding hydrogens is 659 g/mol. The summed E-state index contributed by atoms with van der Waals surface area (Å²) < 4.78 is 48.3. The number of pyridine rings is 1. The van der Waals surface area contributed by atoms with Gasteiger partial charge in [0.25, 0.3) is 5.34 Å². The molecule has 2 aliphatic rings. The first-order valence-corrected chi connectivity index (χ1v) is 18.0. The Labute approximate surface area is 264 Å². The number of methoxy groups -OCH3 is 1. The summed E-state index contributed by atoms with van der Waals surface area (Å²) in [6, 6.07) is 1.91. The number of aliphatic hydroxyl groups is 2. The maximum absolute atomic E-state index is 13.2. The van der Waals surface area contributed by atoms with Crippen LogP contribution in [0.1, 0.15) is 45.8 Å². The minimum absolute atomic E-state index is 0.142. The number of nitrogens with zero attached hydrogens (tertiary/aromatic N) is 4.